The van der Waals surface area contributed by atoms with Gasteiger partial charge in [-0.15, -0.1) is 0 Å². The number of aliphatic hydroxyl groups excluding tert-OH is 1. The minimum Gasteiger partial charge on any atom is -0.395 e. The normalized spacial score (nSPS) is 9.53. The second-order valence-corrected chi connectivity index (χ2v) is 3.29. The van der Waals surface area contributed by atoms with Crippen molar-refractivity contribution in [2.24, 2.45) is 0 Å². The molecule has 0 radical (unpaired) electrons. The number of carbonyl (C=O) groups is 3. The Morgan fingerprint density at radius 3 is 2.59 bits per heavy atom. The van der Waals surface area contributed by atoms with Crippen LogP contribution in [-0.4, -0.2) is 61.0 Å². The lowest BCUT2D eigenvalue weighted by atomic mass is 10.4. The molecule has 7 nitrogen and oxygen atoms in total. The number of nitrogens with one attached hydrogen (secondary N) is 2. The summed E-state index contributed by atoms with van der Waals surface area (Å²) in [5, 5.41) is 13.6. The van der Waals surface area contributed by atoms with Gasteiger partial charge in [-0.05, 0) is 13.3 Å². The first-order valence-electron chi connectivity index (χ1n) is 5.52. The van der Waals surface area contributed by atoms with E-state index in [0.29, 0.717) is 32.5 Å². The molecule has 0 fully saturated rings. The molecule has 0 aromatic heterocycles. The van der Waals surface area contributed by atoms with E-state index >= 15 is 0 Å². The van der Waals surface area contributed by atoms with Gasteiger partial charge in [0.05, 0.1) is 6.61 Å². The van der Waals surface area contributed by atoms with Crippen LogP contribution >= 0.6 is 0 Å². The second-order valence-electron chi connectivity index (χ2n) is 3.29. The third kappa shape index (κ3) is 6.52. The van der Waals surface area contributed by atoms with Crippen molar-refractivity contribution >= 4 is 18.2 Å². The molecule has 7 heteroatoms. The fourth-order valence-electron chi connectivity index (χ4n) is 1.19. The molecule has 0 atom stereocenters. The first-order chi connectivity index (χ1) is 8.17. The summed E-state index contributed by atoms with van der Waals surface area (Å²) in [4.78, 5) is 34.1. The van der Waals surface area contributed by atoms with Gasteiger partial charge >= 0.3 is 11.8 Å². The van der Waals surface area contributed by atoms with Crippen LogP contribution in [0.1, 0.15) is 13.3 Å². The molecule has 0 heterocycles. The van der Waals surface area contributed by atoms with Crippen LogP contribution in [0.25, 0.3) is 0 Å². The van der Waals surface area contributed by atoms with Gasteiger partial charge < -0.3 is 20.6 Å². The molecule has 0 saturated carbocycles. The molecule has 0 aliphatic rings. The Kier molecular flexibility index (Phi) is 8.67. The third-order valence-corrected chi connectivity index (χ3v) is 2.10. The molecule has 0 saturated heterocycles. The molecule has 3 amide bonds. The van der Waals surface area contributed by atoms with Crippen molar-refractivity contribution in [3.05, 3.63) is 0 Å². The van der Waals surface area contributed by atoms with Crippen LogP contribution in [0.5, 0.6) is 0 Å². The predicted molar refractivity (Wildman–Crippen MR) is 61.0 cm³/mol. The van der Waals surface area contributed by atoms with Crippen molar-refractivity contribution in [3.8, 4) is 0 Å². The van der Waals surface area contributed by atoms with E-state index in [4.69, 9.17) is 5.11 Å². The number of likely N-dealkylation sites (N-methyl/N-ethyl adjacent to an activating group) is 1. The Hall–Kier alpha value is -1.63. The summed E-state index contributed by atoms with van der Waals surface area (Å²) in [7, 11) is 0. The highest BCUT2D eigenvalue weighted by atomic mass is 16.3. The average Bonchev–Trinajstić information content (AvgIpc) is 2.34. The Bertz CT molecular complexity index is 258. The van der Waals surface area contributed by atoms with Crippen LogP contribution in [-0.2, 0) is 14.4 Å². The van der Waals surface area contributed by atoms with E-state index < -0.39 is 11.8 Å². The molecule has 0 rings (SSSR count). The number of hydrogen-bond acceptors (Lipinski definition) is 4. The van der Waals surface area contributed by atoms with Gasteiger partial charge in [-0.2, -0.15) is 0 Å². The molecule has 0 aliphatic heterocycles. The maximum atomic E-state index is 11.5. The Morgan fingerprint density at radius 1 is 1.35 bits per heavy atom. The van der Waals surface area contributed by atoms with E-state index in [-0.39, 0.29) is 13.2 Å². The lowest BCUT2D eigenvalue weighted by Crippen LogP contribution is -2.44. The molecule has 0 bridgehead atoms. The lowest BCUT2D eigenvalue weighted by Gasteiger charge is -2.18. The molecule has 0 unspecified atom stereocenters. The summed E-state index contributed by atoms with van der Waals surface area (Å²) in [6.07, 6.45) is 1.14. The van der Waals surface area contributed by atoms with Gasteiger partial charge in [0.1, 0.15) is 0 Å². The van der Waals surface area contributed by atoms with Crippen molar-refractivity contribution in [1.82, 2.24) is 15.5 Å². The maximum absolute atomic E-state index is 11.5. The molecule has 98 valence electrons. The number of amides is 3. The smallest absolute Gasteiger partial charge is 0.311 e. The predicted octanol–water partition coefficient (Wildman–Crippen LogP) is -1.92. The number of rotatable bonds is 8. The Morgan fingerprint density at radius 2 is 2.06 bits per heavy atom. The van der Waals surface area contributed by atoms with E-state index in [2.05, 4.69) is 10.6 Å². The van der Waals surface area contributed by atoms with Gasteiger partial charge in [0.25, 0.3) is 0 Å². The summed E-state index contributed by atoms with van der Waals surface area (Å²) in [6, 6.07) is 0. The molecule has 3 N–H and O–H groups in total. The summed E-state index contributed by atoms with van der Waals surface area (Å²) < 4.78 is 0. The molecule has 0 aromatic carbocycles. The van der Waals surface area contributed by atoms with Crippen LogP contribution in [0.2, 0.25) is 0 Å². The van der Waals surface area contributed by atoms with Crippen molar-refractivity contribution in [2.45, 2.75) is 13.3 Å². The minimum atomic E-state index is -0.689. The molecule has 0 aromatic rings. The zero-order chi connectivity index (χ0) is 13.1. The van der Waals surface area contributed by atoms with Crippen molar-refractivity contribution < 1.29 is 19.5 Å². The van der Waals surface area contributed by atoms with Crippen molar-refractivity contribution in [1.29, 1.82) is 0 Å². The van der Waals surface area contributed by atoms with E-state index in [1.807, 2.05) is 0 Å². The fourth-order valence-corrected chi connectivity index (χ4v) is 1.19. The number of carbonyl (C=O) groups excluding carboxylic acids is 3. The van der Waals surface area contributed by atoms with Gasteiger partial charge in [0.2, 0.25) is 6.41 Å². The fraction of sp³-hybridized carbons (Fsp3) is 0.700. The van der Waals surface area contributed by atoms with Gasteiger partial charge in [0.15, 0.2) is 0 Å². The van der Waals surface area contributed by atoms with E-state index in [0.717, 1.165) is 0 Å². The topological polar surface area (TPSA) is 98.7 Å². The number of hydrogen-bond donors (Lipinski definition) is 3. The number of nitrogens with zero attached hydrogens (tertiary/aromatic N) is 1. The van der Waals surface area contributed by atoms with Crippen LogP contribution < -0.4 is 10.6 Å². The monoisotopic (exact) mass is 245 g/mol. The molecule has 17 heavy (non-hydrogen) atoms. The molecular weight excluding hydrogens is 226 g/mol. The summed E-state index contributed by atoms with van der Waals surface area (Å²) in [5.41, 5.74) is 0. The second kappa shape index (κ2) is 9.59. The SMILES string of the molecule is CCN(CCO)C(=O)C(=O)NCCCNC=O. The summed E-state index contributed by atoms with van der Waals surface area (Å²) in [5.74, 6) is -1.34. The van der Waals surface area contributed by atoms with E-state index in [1.165, 1.54) is 4.90 Å². The average molecular weight is 245 g/mol. The first-order valence-corrected chi connectivity index (χ1v) is 5.52. The number of aliphatic hydroxyl groups is 1. The van der Waals surface area contributed by atoms with Crippen molar-refractivity contribution in [3.63, 3.8) is 0 Å². The van der Waals surface area contributed by atoms with Crippen LogP contribution in [0, 0.1) is 0 Å². The molecule has 0 aliphatic carbocycles. The Labute approximate surface area is 100 Å². The standard InChI is InChI=1S/C10H19N3O4/c1-2-13(6-7-14)10(17)9(16)12-5-3-4-11-8-15/h8,14H,2-7H2,1H3,(H,11,15)(H,12,16). The van der Waals surface area contributed by atoms with Gasteiger partial charge in [-0.3, -0.25) is 14.4 Å². The lowest BCUT2D eigenvalue weighted by molar-refractivity contribution is -0.146. The highest BCUT2D eigenvalue weighted by molar-refractivity contribution is 6.34. The third-order valence-electron chi connectivity index (χ3n) is 2.10. The largest absolute Gasteiger partial charge is 0.395 e. The summed E-state index contributed by atoms with van der Waals surface area (Å²) in [6.45, 7) is 2.86. The zero-order valence-electron chi connectivity index (χ0n) is 9.94. The quantitative estimate of drug-likeness (QED) is 0.264. The first kappa shape index (κ1) is 15.4. The van der Waals surface area contributed by atoms with Crippen LogP contribution in [0.3, 0.4) is 0 Å². The molecule has 0 spiro atoms. The maximum Gasteiger partial charge on any atom is 0.311 e. The van der Waals surface area contributed by atoms with Crippen LogP contribution in [0.15, 0.2) is 0 Å². The van der Waals surface area contributed by atoms with Gasteiger partial charge in [-0.25, -0.2) is 0 Å². The van der Waals surface area contributed by atoms with E-state index in [9.17, 15) is 14.4 Å². The molecular formula is C10H19N3O4. The highest BCUT2D eigenvalue weighted by Gasteiger charge is 2.19. The summed E-state index contributed by atoms with van der Waals surface area (Å²) >= 11 is 0. The van der Waals surface area contributed by atoms with Crippen LogP contribution in [0.4, 0.5) is 0 Å². The minimum absolute atomic E-state index is 0.148. The van der Waals surface area contributed by atoms with Gasteiger partial charge in [-0.1, -0.05) is 0 Å². The van der Waals surface area contributed by atoms with E-state index in [1.54, 1.807) is 6.92 Å². The zero-order valence-corrected chi connectivity index (χ0v) is 9.94. The van der Waals surface area contributed by atoms with Gasteiger partial charge in [0, 0.05) is 26.2 Å². The van der Waals surface area contributed by atoms with Crippen molar-refractivity contribution in [2.75, 3.05) is 32.8 Å². The Balaban J connectivity index is 3.87. The highest BCUT2D eigenvalue weighted by Crippen LogP contribution is 1.89.